The lowest BCUT2D eigenvalue weighted by Gasteiger charge is -2.05. The first-order valence-corrected chi connectivity index (χ1v) is 7.78. The standard InChI is InChI=1S/C12H9BrClN3O3S/c13-10-2-1-7(21-10)3-4-15-12(18)8-5-11(14)16-6-9(8)17(19)20/h1-2,5-6H,3-4H2,(H,15,18). The molecule has 0 atom stereocenters. The Balaban J connectivity index is 2.03. The Morgan fingerprint density at radius 2 is 2.29 bits per heavy atom. The molecule has 1 amide bonds. The van der Waals surface area contributed by atoms with Crippen LogP contribution in [-0.2, 0) is 6.42 Å². The predicted molar refractivity (Wildman–Crippen MR) is 84.0 cm³/mol. The van der Waals surface area contributed by atoms with Crippen molar-refractivity contribution >= 4 is 50.5 Å². The second kappa shape index (κ2) is 6.97. The number of hydrogen-bond acceptors (Lipinski definition) is 5. The van der Waals surface area contributed by atoms with Gasteiger partial charge in [0.15, 0.2) is 0 Å². The van der Waals surface area contributed by atoms with Crippen LogP contribution in [0.25, 0.3) is 0 Å². The monoisotopic (exact) mass is 389 g/mol. The normalized spacial score (nSPS) is 10.4. The van der Waals surface area contributed by atoms with Gasteiger partial charge in [0, 0.05) is 11.4 Å². The number of carbonyl (C=O) groups excluding carboxylic acids is 1. The van der Waals surface area contributed by atoms with Crippen LogP contribution in [0.1, 0.15) is 15.2 Å². The second-order valence-corrected chi connectivity index (χ2v) is 6.93. The Morgan fingerprint density at radius 1 is 1.52 bits per heavy atom. The van der Waals surface area contributed by atoms with Gasteiger partial charge in [-0.05, 0) is 40.5 Å². The van der Waals surface area contributed by atoms with Gasteiger partial charge in [-0.3, -0.25) is 14.9 Å². The zero-order chi connectivity index (χ0) is 15.4. The first kappa shape index (κ1) is 15.9. The quantitative estimate of drug-likeness (QED) is 0.481. The van der Waals surface area contributed by atoms with Crippen LogP contribution in [0, 0.1) is 10.1 Å². The second-order valence-electron chi connectivity index (χ2n) is 3.99. The number of pyridine rings is 1. The predicted octanol–water partition coefficient (Wildman–Crippen LogP) is 3.44. The molecule has 0 aliphatic rings. The Morgan fingerprint density at radius 3 is 2.90 bits per heavy atom. The van der Waals surface area contributed by atoms with Gasteiger partial charge in [0.1, 0.15) is 16.9 Å². The summed E-state index contributed by atoms with van der Waals surface area (Å²) < 4.78 is 1.01. The van der Waals surface area contributed by atoms with Crippen LogP contribution in [0.2, 0.25) is 5.15 Å². The molecular weight excluding hydrogens is 382 g/mol. The summed E-state index contributed by atoms with van der Waals surface area (Å²) in [6.45, 7) is 0.378. The van der Waals surface area contributed by atoms with Crippen molar-refractivity contribution in [3.05, 3.63) is 53.9 Å². The van der Waals surface area contributed by atoms with E-state index < -0.39 is 10.8 Å². The highest BCUT2D eigenvalue weighted by molar-refractivity contribution is 9.11. The van der Waals surface area contributed by atoms with Crippen molar-refractivity contribution in [3.63, 3.8) is 0 Å². The Kier molecular flexibility index (Phi) is 5.27. The number of thiophene rings is 1. The summed E-state index contributed by atoms with van der Waals surface area (Å²) >= 11 is 10.6. The number of nitro groups is 1. The van der Waals surface area contributed by atoms with Crippen LogP contribution in [-0.4, -0.2) is 22.4 Å². The Hall–Kier alpha value is -1.51. The fourth-order valence-corrected chi connectivity index (χ4v) is 3.27. The van der Waals surface area contributed by atoms with Crippen LogP contribution in [0.3, 0.4) is 0 Å². The molecule has 0 aliphatic heterocycles. The fraction of sp³-hybridized carbons (Fsp3) is 0.167. The molecule has 21 heavy (non-hydrogen) atoms. The topological polar surface area (TPSA) is 85.1 Å². The van der Waals surface area contributed by atoms with E-state index in [1.807, 2.05) is 12.1 Å². The highest BCUT2D eigenvalue weighted by Gasteiger charge is 2.21. The lowest BCUT2D eigenvalue weighted by atomic mass is 10.2. The maximum Gasteiger partial charge on any atom is 0.300 e. The van der Waals surface area contributed by atoms with Gasteiger partial charge in [-0.2, -0.15) is 0 Å². The molecule has 1 N–H and O–H groups in total. The number of carbonyl (C=O) groups is 1. The third-order valence-corrected chi connectivity index (χ3v) is 4.47. The summed E-state index contributed by atoms with van der Waals surface area (Å²) in [6.07, 6.45) is 1.63. The molecule has 0 spiro atoms. The molecule has 110 valence electrons. The van der Waals surface area contributed by atoms with E-state index in [1.54, 1.807) is 11.3 Å². The molecule has 2 aromatic rings. The van der Waals surface area contributed by atoms with E-state index >= 15 is 0 Å². The molecule has 2 aromatic heterocycles. The number of amides is 1. The SMILES string of the molecule is O=C(NCCc1ccc(Br)s1)c1cc(Cl)ncc1[N+](=O)[O-]. The van der Waals surface area contributed by atoms with Gasteiger partial charge in [0.2, 0.25) is 0 Å². The van der Waals surface area contributed by atoms with Crippen LogP contribution in [0.5, 0.6) is 0 Å². The summed E-state index contributed by atoms with van der Waals surface area (Å²) in [5, 5.41) is 13.6. The zero-order valence-electron chi connectivity index (χ0n) is 10.5. The van der Waals surface area contributed by atoms with Crippen LogP contribution in [0.4, 0.5) is 5.69 Å². The van der Waals surface area contributed by atoms with Crippen molar-refractivity contribution in [1.29, 1.82) is 0 Å². The average molecular weight is 391 g/mol. The fourth-order valence-electron chi connectivity index (χ4n) is 1.63. The van der Waals surface area contributed by atoms with Gasteiger partial charge in [-0.15, -0.1) is 11.3 Å². The number of hydrogen-bond donors (Lipinski definition) is 1. The Bertz CT molecular complexity index is 692. The number of nitrogens with zero attached hydrogens (tertiary/aromatic N) is 2. The van der Waals surface area contributed by atoms with E-state index in [-0.39, 0.29) is 16.4 Å². The lowest BCUT2D eigenvalue weighted by Crippen LogP contribution is -2.26. The van der Waals surface area contributed by atoms with Crippen molar-refractivity contribution in [2.75, 3.05) is 6.54 Å². The lowest BCUT2D eigenvalue weighted by molar-refractivity contribution is -0.385. The van der Waals surface area contributed by atoms with E-state index in [4.69, 9.17) is 11.6 Å². The molecule has 0 saturated heterocycles. The van der Waals surface area contributed by atoms with Gasteiger partial charge in [-0.1, -0.05) is 11.6 Å². The largest absolute Gasteiger partial charge is 0.351 e. The smallest absolute Gasteiger partial charge is 0.300 e. The molecule has 0 radical (unpaired) electrons. The maximum atomic E-state index is 12.0. The molecule has 0 unspecified atom stereocenters. The molecule has 0 saturated carbocycles. The summed E-state index contributed by atoms with van der Waals surface area (Å²) in [5.41, 5.74) is -0.455. The summed E-state index contributed by atoms with van der Waals surface area (Å²) in [5.74, 6) is -0.540. The number of nitrogens with one attached hydrogen (secondary N) is 1. The van der Waals surface area contributed by atoms with E-state index in [0.717, 1.165) is 14.9 Å². The molecule has 2 heterocycles. The third-order valence-electron chi connectivity index (χ3n) is 2.58. The third kappa shape index (κ3) is 4.23. The number of aromatic nitrogens is 1. The molecule has 0 aromatic carbocycles. The maximum absolute atomic E-state index is 12.0. The van der Waals surface area contributed by atoms with Gasteiger partial charge in [-0.25, -0.2) is 4.98 Å². The van der Waals surface area contributed by atoms with E-state index in [0.29, 0.717) is 13.0 Å². The summed E-state index contributed by atoms with van der Waals surface area (Å²) in [6, 6.07) is 5.07. The molecule has 0 aliphatic carbocycles. The minimum absolute atomic E-state index is 0.0351. The van der Waals surface area contributed by atoms with Gasteiger partial charge < -0.3 is 5.32 Å². The first-order chi connectivity index (χ1) is 9.97. The number of rotatable bonds is 5. The van der Waals surface area contributed by atoms with Crippen molar-refractivity contribution in [3.8, 4) is 0 Å². The van der Waals surface area contributed by atoms with Crippen LogP contribution < -0.4 is 5.32 Å². The van der Waals surface area contributed by atoms with Crippen LogP contribution >= 0.6 is 38.9 Å². The molecule has 6 nitrogen and oxygen atoms in total. The molecular formula is C12H9BrClN3O3S. The Labute approximate surface area is 137 Å². The number of halogens is 2. The highest BCUT2D eigenvalue weighted by atomic mass is 79.9. The van der Waals surface area contributed by atoms with Gasteiger partial charge in [0.05, 0.1) is 8.71 Å². The van der Waals surface area contributed by atoms with Crippen molar-refractivity contribution in [1.82, 2.24) is 10.3 Å². The van der Waals surface area contributed by atoms with E-state index in [1.165, 1.54) is 6.07 Å². The van der Waals surface area contributed by atoms with Crippen LogP contribution in [0.15, 0.2) is 28.2 Å². The first-order valence-electron chi connectivity index (χ1n) is 5.79. The molecule has 0 bridgehead atoms. The van der Waals surface area contributed by atoms with E-state index in [2.05, 4.69) is 26.2 Å². The van der Waals surface area contributed by atoms with Gasteiger partial charge in [0.25, 0.3) is 11.6 Å². The highest BCUT2D eigenvalue weighted by Crippen LogP contribution is 2.22. The summed E-state index contributed by atoms with van der Waals surface area (Å²) in [4.78, 5) is 26.9. The van der Waals surface area contributed by atoms with E-state index in [9.17, 15) is 14.9 Å². The molecule has 0 fully saturated rings. The van der Waals surface area contributed by atoms with Crippen molar-refractivity contribution in [2.24, 2.45) is 0 Å². The summed E-state index contributed by atoms with van der Waals surface area (Å²) in [7, 11) is 0. The molecule has 2 rings (SSSR count). The zero-order valence-corrected chi connectivity index (χ0v) is 13.7. The average Bonchev–Trinajstić information content (AvgIpc) is 2.84. The minimum atomic E-state index is -0.658. The molecule has 9 heteroatoms. The van der Waals surface area contributed by atoms with Gasteiger partial charge >= 0.3 is 0 Å². The van der Waals surface area contributed by atoms with Crippen molar-refractivity contribution in [2.45, 2.75) is 6.42 Å². The van der Waals surface area contributed by atoms with Crippen molar-refractivity contribution < 1.29 is 9.72 Å². The minimum Gasteiger partial charge on any atom is -0.351 e.